The maximum Gasteiger partial charge on any atom is 0.188 e. The Labute approximate surface area is 89.1 Å². The molecule has 4 heteroatoms. The van der Waals surface area contributed by atoms with Crippen LogP contribution < -0.4 is 10.5 Å². The highest BCUT2D eigenvalue weighted by molar-refractivity contribution is 5.75. The molecule has 0 atom stereocenters. The smallest absolute Gasteiger partial charge is 0.188 e. The second-order valence-corrected chi connectivity index (χ2v) is 3.69. The average Bonchev–Trinajstić information content (AvgIpc) is 2.27. The van der Waals surface area contributed by atoms with E-state index in [1.165, 1.54) is 11.1 Å². The summed E-state index contributed by atoms with van der Waals surface area (Å²) in [7, 11) is 1.67. The Kier molecular flexibility index (Phi) is 2.49. The van der Waals surface area contributed by atoms with Crippen LogP contribution in [-0.4, -0.2) is 24.5 Å². The molecule has 0 aliphatic carbocycles. The first-order chi connectivity index (χ1) is 7.20. The summed E-state index contributed by atoms with van der Waals surface area (Å²) in [5.74, 6) is 1.04. The van der Waals surface area contributed by atoms with E-state index in [0.29, 0.717) is 0 Å². The van der Waals surface area contributed by atoms with Crippen molar-refractivity contribution in [2.75, 3.05) is 13.7 Å². The van der Waals surface area contributed by atoms with Gasteiger partial charge in [-0.15, -0.1) is 0 Å². The first-order valence-corrected chi connectivity index (χ1v) is 4.95. The van der Waals surface area contributed by atoms with E-state index >= 15 is 0 Å². The SMILES string of the molecule is COc1ccc2c(c1)CCN(C(=N)N)C2. The fourth-order valence-corrected chi connectivity index (χ4v) is 1.86. The molecule has 1 aliphatic heterocycles. The van der Waals surface area contributed by atoms with Crippen LogP contribution in [0.4, 0.5) is 0 Å². The van der Waals surface area contributed by atoms with Gasteiger partial charge < -0.3 is 15.4 Å². The van der Waals surface area contributed by atoms with Crippen LogP contribution >= 0.6 is 0 Å². The zero-order chi connectivity index (χ0) is 10.8. The number of ether oxygens (including phenoxy) is 1. The lowest BCUT2D eigenvalue weighted by Gasteiger charge is -2.29. The molecule has 0 spiro atoms. The van der Waals surface area contributed by atoms with Crippen molar-refractivity contribution in [3.63, 3.8) is 0 Å². The largest absolute Gasteiger partial charge is 0.497 e. The molecular formula is C11H15N3O. The molecule has 1 heterocycles. The molecule has 0 fully saturated rings. The molecule has 3 N–H and O–H groups in total. The molecule has 0 radical (unpaired) electrons. The van der Waals surface area contributed by atoms with Gasteiger partial charge in [0.25, 0.3) is 0 Å². The fraction of sp³-hybridized carbons (Fsp3) is 0.364. The van der Waals surface area contributed by atoms with Gasteiger partial charge in [-0.2, -0.15) is 0 Å². The minimum absolute atomic E-state index is 0.150. The van der Waals surface area contributed by atoms with Crippen LogP contribution in [0.25, 0.3) is 0 Å². The van der Waals surface area contributed by atoms with Crippen LogP contribution in [0, 0.1) is 5.41 Å². The van der Waals surface area contributed by atoms with Gasteiger partial charge in [0.2, 0.25) is 0 Å². The van der Waals surface area contributed by atoms with E-state index in [1.54, 1.807) is 7.11 Å². The van der Waals surface area contributed by atoms with Crippen molar-refractivity contribution in [3.05, 3.63) is 29.3 Å². The van der Waals surface area contributed by atoms with Gasteiger partial charge in [-0.1, -0.05) is 6.07 Å². The number of rotatable bonds is 1. The predicted octanol–water partition coefficient (Wildman–Crippen LogP) is 0.947. The maximum absolute atomic E-state index is 7.39. The van der Waals surface area contributed by atoms with Crippen molar-refractivity contribution in [1.82, 2.24) is 4.90 Å². The number of benzene rings is 1. The number of nitrogens with two attached hydrogens (primary N) is 1. The quantitative estimate of drug-likeness (QED) is 0.530. The molecule has 2 rings (SSSR count). The van der Waals surface area contributed by atoms with Crippen molar-refractivity contribution >= 4 is 5.96 Å². The van der Waals surface area contributed by atoms with E-state index in [9.17, 15) is 0 Å². The average molecular weight is 205 g/mol. The molecule has 80 valence electrons. The highest BCUT2D eigenvalue weighted by atomic mass is 16.5. The van der Waals surface area contributed by atoms with Crippen LogP contribution in [0.2, 0.25) is 0 Å². The summed E-state index contributed by atoms with van der Waals surface area (Å²) >= 11 is 0. The molecule has 0 unspecified atom stereocenters. The molecule has 0 bridgehead atoms. The molecule has 1 aromatic carbocycles. The van der Waals surface area contributed by atoms with E-state index in [0.717, 1.165) is 25.3 Å². The van der Waals surface area contributed by atoms with Crippen molar-refractivity contribution in [3.8, 4) is 5.75 Å². The van der Waals surface area contributed by atoms with Crippen molar-refractivity contribution in [2.24, 2.45) is 5.73 Å². The Hall–Kier alpha value is -1.71. The van der Waals surface area contributed by atoms with Crippen LogP contribution in [0.1, 0.15) is 11.1 Å². The van der Waals surface area contributed by atoms with E-state index in [-0.39, 0.29) is 5.96 Å². The van der Waals surface area contributed by atoms with Gasteiger partial charge in [-0.05, 0) is 29.7 Å². The summed E-state index contributed by atoms with van der Waals surface area (Å²) < 4.78 is 5.17. The Morgan fingerprint density at radius 3 is 2.93 bits per heavy atom. The molecule has 0 aromatic heterocycles. The number of methoxy groups -OCH3 is 1. The number of fused-ring (bicyclic) bond motifs is 1. The lowest BCUT2D eigenvalue weighted by Crippen LogP contribution is -2.40. The lowest BCUT2D eigenvalue weighted by atomic mass is 10.00. The van der Waals surface area contributed by atoms with Crippen molar-refractivity contribution < 1.29 is 4.74 Å². The molecule has 0 saturated carbocycles. The Morgan fingerprint density at radius 2 is 2.27 bits per heavy atom. The molecule has 0 saturated heterocycles. The number of hydrogen-bond donors (Lipinski definition) is 2. The Balaban J connectivity index is 2.24. The van der Waals surface area contributed by atoms with Crippen LogP contribution in [0.5, 0.6) is 5.75 Å². The number of guanidine groups is 1. The van der Waals surface area contributed by atoms with Gasteiger partial charge in [0.1, 0.15) is 5.75 Å². The summed E-state index contributed by atoms with van der Waals surface area (Å²) in [6.07, 6.45) is 0.923. The van der Waals surface area contributed by atoms with Gasteiger partial charge in [-0.25, -0.2) is 0 Å². The van der Waals surface area contributed by atoms with Crippen LogP contribution in [-0.2, 0) is 13.0 Å². The van der Waals surface area contributed by atoms with Crippen LogP contribution in [0.15, 0.2) is 18.2 Å². The van der Waals surface area contributed by atoms with Crippen molar-refractivity contribution in [2.45, 2.75) is 13.0 Å². The summed E-state index contributed by atoms with van der Waals surface area (Å²) in [5, 5.41) is 7.39. The van der Waals surface area contributed by atoms with Gasteiger partial charge in [0.15, 0.2) is 5.96 Å². The molecular weight excluding hydrogens is 190 g/mol. The van der Waals surface area contributed by atoms with Gasteiger partial charge >= 0.3 is 0 Å². The lowest BCUT2D eigenvalue weighted by molar-refractivity contribution is 0.382. The minimum Gasteiger partial charge on any atom is -0.497 e. The number of nitrogens with zero attached hydrogens (tertiary/aromatic N) is 1. The highest BCUT2D eigenvalue weighted by Crippen LogP contribution is 2.23. The van der Waals surface area contributed by atoms with Gasteiger partial charge in [-0.3, -0.25) is 5.41 Å². The predicted molar refractivity (Wildman–Crippen MR) is 59.0 cm³/mol. The first-order valence-electron chi connectivity index (χ1n) is 4.95. The standard InChI is InChI=1S/C11H15N3O/c1-15-10-3-2-9-7-14(11(12)13)5-4-8(9)6-10/h2-3,6H,4-5,7H2,1H3,(H3,12,13). The molecule has 0 amide bonds. The van der Waals surface area contributed by atoms with E-state index in [1.807, 2.05) is 17.0 Å². The molecule has 4 nitrogen and oxygen atoms in total. The fourth-order valence-electron chi connectivity index (χ4n) is 1.86. The summed E-state index contributed by atoms with van der Waals surface area (Å²) in [6.45, 7) is 1.55. The topological polar surface area (TPSA) is 62.3 Å². The zero-order valence-corrected chi connectivity index (χ0v) is 8.79. The minimum atomic E-state index is 0.150. The Bertz CT molecular complexity index is 389. The molecule has 1 aliphatic rings. The highest BCUT2D eigenvalue weighted by Gasteiger charge is 2.17. The molecule has 15 heavy (non-hydrogen) atoms. The third-order valence-electron chi connectivity index (χ3n) is 2.77. The number of nitrogens with one attached hydrogen (secondary N) is 1. The number of hydrogen-bond acceptors (Lipinski definition) is 2. The van der Waals surface area contributed by atoms with E-state index in [4.69, 9.17) is 15.9 Å². The third kappa shape index (κ3) is 1.88. The van der Waals surface area contributed by atoms with Gasteiger partial charge in [0, 0.05) is 13.1 Å². The summed E-state index contributed by atoms with van der Waals surface area (Å²) in [4.78, 5) is 1.87. The summed E-state index contributed by atoms with van der Waals surface area (Å²) in [6, 6.07) is 6.05. The van der Waals surface area contributed by atoms with Crippen molar-refractivity contribution in [1.29, 1.82) is 5.41 Å². The Morgan fingerprint density at radius 1 is 1.47 bits per heavy atom. The maximum atomic E-state index is 7.39. The van der Waals surface area contributed by atoms with Crippen LogP contribution in [0.3, 0.4) is 0 Å². The van der Waals surface area contributed by atoms with E-state index in [2.05, 4.69) is 6.07 Å². The monoisotopic (exact) mass is 205 g/mol. The summed E-state index contributed by atoms with van der Waals surface area (Å²) in [5.41, 5.74) is 8.00. The second kappa shape index (κ2) is 3.81. The first kappa shape index (κ1) is 9.83. The molecule has 1 aromatic rings. The van der Waals surface area contributed by atoms with Gasteiger partial charge in [0.05, 0.1) is 7.11 Å². The third-order valence-corrected chi connectivity index (χ3v) is 2.77. The second-order valence-electron chi connectivity index (χ2n) is 3.69. The van der Waals surface area contributed by atoms with E-state index < -0.39 is 0 Å². The normalized spacial score (nSPS) is 14.6. The zero-order valence-electron chi connectivity index (χ0n) is 8.79.